The van der Waals surface area contributed by atoms with Crippen LogP contribution < -0.4 is 15.2 Å². The fraction of sp³-hybridized carbons (Fsp3) is 0.625. The minimum Gasteiger partial charge on any atom is -0.493 e. The van der Waals surface area contributed by atoms with Crippen molar-refractivity contribution in [1.29, 1.82) is 0 Å². The lowest BCUT2D eigenvalue weighted by molar-refractivity contribution is 0.244. The van der Waals surface area contributed by atoms with Gasteiger partial charge in [0.1, 0.15) is 0 Å². The highest BCUT2D eigenvalue weighted by Crippen LogP contribution is 2.37. The van der Waals surface area contributed by atoms with E-state index in [1.807, 2.05) is 12.1 Å². The van der Waals surface area contributed by atoms with Crippen molar-refractivity contribution in [3.05, 3.63) is 22.7 Å². The highest BCUT2D eigenvalue weighted by Gasteiger charge is 2.14. The van der Waals surface area contributed by atoms with E-state index in [0.29, 0.717) is 29.0 Å². The quantitative estimate of drug-likeness (QED) is 0.787. The number of halogens is 1. The monoisotopic (exact) mass is 299 g/mol. The Labute approximate surface area is 127 Å². The minimum absolute atomic E-state index is 0.141. The summed E-state index contributed by atoms with van der Waals surface area (Å²) in [5.41, 5.74) is 7.07. The molecule has 114 valence electrons. The maximum absolute atomic E-state index is 6.32. The molecule has 1 aromatic rings. The van der Waals surface area contributed by atoms with Crippen molar-refractivity contribution >= 4 is 11.6 Å². The average molecular weight is 300 g/mol. The molecular formula is C16H26ClNO2. The van der Waals surface area contributed by atoms with Crippen LogP contribution >= 0.6 is 11.6 Å². The molecule has 0 radical (unpaired) electrons. The third kappa shape index (κ3) is 4.88. The van der Waals surface area contributed by atoms with Crippen LogP contribution in [0.15, 0.2) is 12.1 Å². The van der Waals surface area contributed by atoms with Gasteiger partial charge in [0.25, 0.3) is 0 Å². The third-order valence-electron chi connectivity index (χ3n) is 3.52. The van der Waals surface area contributed by atoms with Crippen LogP contribution in [0.25, 0.3) is 0 Å². The molecule has 0 fully saturated rings. The van der Waals surface area contributed by atoms with Gasteiger partial charge in [0, 0.05) is 6.04 Å². The topological polar surface area (TPSA) is 44.5 Å². The van der Waals surface area contributed by atoms with Crippen molar-refractivity contribution in [2.45, 2.75) is 46.1 Å². The second-order valence-corrected chi connectivity index (χ2v) is 5.71. The highest BCUT2D eigenvalue weighted by atomic mass is 35.5. The molecule has 0 aliphatic heterocycles. The fourth-order valence-electron chi connectivity index (χ4n) is 1.82. The number of ether oxygens (including phenoxy) is 2. The standard InChI is InChI=1S/C16H26ClNO2/c1-5-11(3)10-20-16-14(17)8-12(7-13(18)6-2)9-15(16)19-4/h8-9,11,13H,5-7,10,18H2,1-4H3. The first-order valence-electron chi connectivity index (χ1n) is 7.26. The summed E-state index contributed by atoms with van der Waals surface area (Å²) in [4.78, 5) is 0. The van der Waals surface area contributed by atoms with Gasteiger partial charge in [-0.25, -0.2) is 0 Å². The molecule has 0 spiro atoms. The van der Waals surface area contributed by atoms with E-state index < -0.39 is 0 Å². The molecule has 2 N–H and O–H groups in total. The van der Waals surface area contributed by atoms with Crippen molar-refractivity contribution in [2.24, 2.45) is 11.7 Å². The highest BCUT2D eigenvalue weighted by molar-refractivity contribution is 6.32. The Morgan fingerprint density at radius 2 is 1.95 bits per heavy atom. The molecule has 0 aromatic heterocycles. The first kappa shape index (κ1) is 17.1. The number of nitrogens with two attached hydrogens (primary N) is 1. The molecule has 0 bridgehead atoms. The van der Waals surface area contributed by atoms with Crippen LogP contribution in [0.2, 0.25) is 5.02 Å². The van der Waals surface area contributed by atoms with Gasteiger partial charge < -0.3 is 15.2 Å². The van der Waals surface area contributed by atoms with E-state index in [2.05, 4.69) is 20.8 Å². The van der Waals surface area contributed by atoms with E-state index in [4.69, 9.17) is 26.8 Å². The molecule has 0 aliphatic rings. The van der Waals surface area contributed by atoms with E-state index >= 15 is 0 Å². The van der Waals surface area contributed by atoms with Crippen LogP contribution in [0.1, 0.15) is 39.2 Å². The summed E-state index contributed by atoms with van der Waals surface area (Å²) in [5.74, 6) is 1.80. The first-order chi connectivity index (χ1) is 9.51. The second kappa shape index (κ2) is 8.38. The van der Waals surface area contributed by atoms with Gasteiger partial charge in [-0.15, -0.1) is 0 Å². The number of hydrogen-bond acceptors (Lipinski definition) is 3. The fourth-order valence-corrected chi connectivity index (χ4v) is 2.11. The lowest BCUT2D eigenvalue weighted by Crippen LogP contribution is -2.21. The Kier molecular flexibility index (Phi) is 7.17. The molecule has 2 unspecified atom stereocenters. The molecule has 1 rings (SSSR count). The van der Waals surface area contributed by atoms with E-state index in [1.165, 1.54) is 0 Å². The molecule has 0 saturated carbocycles. The lowest BCUT2D eigenvalue weighted by atomic mass is 10.0. The van der Waals surface area contributed by atoms with E-state index in [9.17, 15) is 0 Å². The average Bonchev–Trinajstić information content (AvgIpc) is 2.44. The molecule has 0 amide bonds. The summed E-state index contributed by atoms with van der Waals surface area (Å²) in [7, 11) is 1.63. The largest absolute Gasteiger partial charge is 0.493 e. The van der Waals surface area contributed by atoms with E-state index in [-0.39, 0.29) is 6.04 Å². The van der Waals surface area contributed by atoms with E-state index in [1.54, 1.807) is 7.11 Å². The lowest BCUT2D eigenvalue weighted by Gasteiger charge is -2.17. The van der Waals surface area contributed by atoms with Crippen molar-refractivity contribution < 1.29 is 9.47 Å². The van der Waals surface area contributed by atoms with Gasteiger partial charge in [-0.3, -0.25) is 0 Å². The predicted molar refractivity (Wildman–Crippen MR) is 84.9 cm³/mol. The van der Waals surface area contributed by atoms with Gasteiger partial charge in [-0.05, 0) is 36.5 Å². The first-order valence-corrected chi connectivity index (χ1v) is 7.64. The molecule has 4 heteroatoms. The van der Waals surface area contributed by atoms with Gasteiger partial charge in [0.2, 0.25) is 0 Å². The molecule has 0 aliphatic carbocycles. The second-order valence-electron chi connectivity index (χ2n) is 5.31. The molecule has 2 atom stereocenters. The summed E-state index contributed by atoms with van der Waals surface area (Å²) < 4.78 is 11.2. The Balaban J connectivity index is 2.90. The van der Waals surface area contributed by atoms with Gasteiger partial charge in [0.15, 0.2) is 11.5 Å². The molecule has 3 nitrogen and oxygen atoms in total. The maximum Gasteiger partial charge on any atom is 0.179 e. The van der Waals surface area contributed by atoms with Crippen molar-refractivity contribution in [3.8, 4) is 11.5 Å². The number of hydrogen-bond donors (Lipinski definition) is 1. The van der Waals surface area contributed by atoms with Gasteiger partial charge in [0.05, 0.1) is 18.7 Å². The maximum atomic E-state index is 6.32. The smallest absolute Gasteiger partial charge is 0.179 e. The molecular weight excluding hydrogens is 274 g/mol. The zero-order valence-corrected chi connectivity index (χ0v) is 13.7. The molecule has 1 aromatic carbocycles. The van der Waals surface area contributed by atoms with Crippen molar-refractivity contribution in [2.75, 3.05) is 13.7 Å². The SMILES string of the molecule is CCC(C)COc1c(Cl)cc(CC(N)CC)cc1OC. The predicted octanol–water partition coefficient (Wildman–Crippen LogP) is 4.05. The van der Waals surface area contributed by atoms with Crippen LogP contribution in [-0.2, 0) is 6.42 Å². The summed E-state index contributed by atoms with van der Waals surface area (Å²) in [5, 5.41) is 0.589. The van der Waals surface area contributed by atoms with Crippen LogP contribution in [0.5, 0.6) is 11.5 Å². The Hall–Kier alpha value is -0.930. The van der Waals surface area contributed by atoms with Gasteiger partial charge in [-0.2, -0.15) is 0 Å². The summed E-state index contributed by atoms with van der Waals surface area (Å²) in [6, 6.07) is 4.03. The summed E-state index contributed by atoms with van der Waals surface area (Å²) in [6.07, 6.45) is 2.80. The van der Waals surface area contributed by atoms with Gasteiger partial charge in [-0.1, -0.05) is 38.8 Å². The Morgan fingerprint density at radius 1 is 1.25 bits per heavy atom. The molecule has 0 heterocycles. The normalized spacial score (nSPS) is 13.9. The zero-order chi connectivity index (χ0) is 15.1. The van der Waals surface area contributed by atoms with Gasteiger partial charge >= 0.3 is 0 Å². The van der Waals surface area contributed by atoms with Crippen LogP contribution in [0.3, 0.4) is 0 Å². The Morgan fingerprint density at radius 3 is 2.50 bits per heavy atom. The zero-order valence-electron chi connectivity index (χ0n) is 12.9. The summed E-state index contributed by atoms with van der Waals surface area (Å²) in [6.45, 7) is 7.00. The van der Waals surface area contributed by atoms with Crippen LogP contribution in [-0.4, -0.2) is 19.8 Å². The summed E-state index contributed by atoms with van der Waals surface area (Å²) >= 11 is 6.32. The number of methoxy groups -OCH3 is 1. The number of benzene rings is 1. The molecule has 0 saturated heterocycles. The minimum atomic E-state index is 0.141. The van der Waals surface area contributed by atoms with Crippen LogP contribution in [0.4, 0.5) is 0 Å². The van der Waals surface area contributed by atoms with Crippen molar-refractivity contribution in [1.82, 2.24) is 0 Å². The van der Waals surface area contributed by atoms with Crippen LogP contribution in [0, 0.1) is 5.92 Å². The van der Waals surface area contributed by atoms with Crippen molar-refractivity contribution in [3.63, 3.8) is 0 Å². The Bertz CT molecular complexity index is 423. The number of rotatable bonds is 8. The third-order valence-corrected chi connectivity index (χ3v) is 3.80. The van der Waals surface area contributed by atoms with E-state index in [0.717, 1.165) is 24.8 Å². The molecule has 20 heavy (non-hydrogen) atoms.